The third-order valence-electron chi connectivity index (χ3n) is 5.63. The maximum Gasteiger partial charge on any atom is 0.251 e. The van der Waals surface area contributed by atoms with Gasteiger partial charge in [-0.25, -0.2) is 0 Å². The molecule has 5 rings (SSSR count). The Bertz CT molecular complexity index is 1300. The number of nitrogens with one attached hydrogen (secondary N) is 2. The van der Waals surface area contributed by atoms with E-state index in [1.54, 1.807) is 67.8 Å². The van der Waals surface area contributed by atoms with Crippen LogP contribution >= 0.6 is 0 Å². The fourth-order valence-electron chi connectivity index (χ4n) is 3.81. The van der Waals surface area contributed by atoms with Gasteiger partial charge in [0, 0.05) is 17.8 Å². The standard InChI is InChI=1S/C27H24N2O7/c1-32-20-7-4-18(5-8-20)26(27(31)28-19-6-10-21-24(15-19)34-13-12-33-21)29-25(30)11-3-17-2-9-22-23(14-17)36-16-35-22/h2-11,14-15,26H,12-13,16H2,1H3,(H,28,31)(H,29,30)/b11-3-. The highest BCUT2D eigenvalue weighted by molar-refractivity contribution is 6.00. The summed E-state index contributed by atoms with van der Waals surface area (Å²) >= 11 is 0. The second kappa shape index (κ2) is 10.3. The number of ether oxygens (including phenoxy) is 5. The Morgan fingerprint density at radius 2 is 1.56 bits per heavy atom. The van der Waals surface area contributed by atoms with E-state index in [1.165, 1.54) is 6.08 Å². The van der Waals surface area contributed by atoms with E-state index in [-0.39, 0.29) is 6.79 Å². The lowest BCUT2D eigenvalue weighted by Crippen LogP contribution is -2.36. The largest absolute Gasteiger partial charge is 0.497 e. The van der Waals surface area contributed by atoms with Crippen molar-refractivity contribution < 1.29 is 33.3 Å². The number of carbonyl (C=O) groups is 2. The number of rotatable bonds is 7. The third kappa shape index (κ3) is 5.20. The molecule has 0 saturated heterocycles. The van der Waals surface area contributed by atoms with Gasteiger partial charge < -0.3 is 34.3 Å². The Labute approximate surface area is 207 Å². The van der Waals surface area contributed by atoms with E-state index in [9.17, 15) is 9.59 Å². The molecule has 2 aliphatic heterocycles. The van der Waals surface area contributed by atoms with E-state index < -0.39 is 17.9 Å². The molecule has 2 heterocycles. The van der Waals surface area contributed by atoms with Crippen LogP contribution in [0.1, 0.15) is 17.2 Å². The minimum absolute atomic E-state index is 0.172. The van der Waals surface area contributed by atoms with Crippen molar-refractivity contribution in [1.29, 1.82) is 0 Å². The molecule has 0 saturated carbocycles. The van der Waals surface area contributed by atoms with Gasteiger partial charge in [0.05, 0.1) is 7.11 Å². The Morgan fingerprint density at radius 3 is 2.36 bits per heavy atom. The van der Waals surface area contributed by atoms with Gasteiger partial charge in [0.1, 0.15) is 25.0 Å². The molecular weight excluding hydrogens is 464 g/mol. The van der Waals surface area contributed by atoms with Crippen molar-refractivity contribution in [2.24, 2.45) is 0 Å². The molecule has 9 nitrogen and oxygen atoms in total. The number of anilines is 1. The van der Waals surface area contributed by atoms with Crippen molar-refractivity contribution in [3.63, 3.8) is 0 Å². The molecule has 0 radical (unpaired) electrons. The number of benzene rings is 3. The molecule has 0 bridgehead atoms. The lowest BCUT2D eigenvalue weighted by molar-refractivity contribution is -0.123. The summed E-state index contributed by atoms with van der Waals surface area (Å²) in [5, 5.41) is 5.64. The SMILES string of the molecule is COc1ccc(C(NC(=O)/C=C\c2ccc3c(c2)OCO3)C(=O)Nc2ccc3c(c2)OCCO3)cc1. The quantitative estimate of drug-likeness (QED) is 0.489. The number of methoxy groups -OCH3 is 1. The van der Waals surface area contributed by atoms with Crippen LogP contribution in [0.4, 0.5) is 5.69 Å². The molecule has 1 unspecified atom stereocenters. The minimum Gasteiger partial charge on any atom is -0.497 e. The molecule has 3 aromatic rings. The van der Waals surface area contributed by atoms with Crippen molar-refractivity contribution in [2.45, 2.75) is 6.04 Å². The van der Waals surface area contributed by atoms with E-state index in [1.807, 2.05) is 6.07 Å². The summed E-state index contributed by atoms with van der Waals surface area (Å²) in [6.07, 6.45) is 3.01. The van der Waals surface area contributed by atoms with Crippen LogP contribution in [0.15, 0.2) is 66.7 Å². The van der Waals surface area contributed by atoms with Crippen LogP contribution in [0.2, 0.25) is 0 Å². The average molecular weight is 488 g/mol. The molecule has 2 N–H and O–H groups in total. The molecule has 3 aromatic carbocycles. The third-order valence-corrected chi connectivity index (χ3v) is 5.63. The molecule has 0 aromatic heterocycles. The van der Waals surface area contributed by atoms with Crippen LogP contribution in [0.3, 0.4) is 0 Å². The summed E-state index contributed by atoms with van der Waals surface area (Å²) in [6, 6.07) is 16.5. The normalized spacial score (nSPS) is 14.2. The Morgan fingerprint density at radius 1 is 0.861 bits per heavy atom. The van der Waals surface area contributed by atoms with Crippen LogP contribution < -0.4 is 34.3 Å². The van der Waals surface area contributed by atoms with Crippen molar-refractivity contribution in [1.82, 2.24) is 5.32 Å². The molecular formula is C27H24N2O7. The molecule has 0 aliphatic carbocycles. The van der Waals surface area contributed by atoms with E-state index in [2.05, 4.69) is 10.6 Å². The zero-order chi connectivity index (χ0) is 24.9. The molecule has 36 heavy (non-hydrogen) atoms. The summed E-state index contributed by atoms with van der Waals surface area (Å²) in [7, 11) is 1.56. The predicted molar refractivity (Wildman–Crippen MR) is 132 cm³/mol. The topological polar surface area (TPSA) is 104 Å². The number of hydrogen-bond donors (Lipinski definition) is 2. The highest BCUT2D eigenvalue weighted by Crippen LogP contribution is 2.34. The first-order valence-corrected chi connectivity index (χ1v) is 11.3. The van der Waals surface area contributed by atoms with E-state index >= 15 is 0 Å². The highest BCUT2D eigenvalue weighted by Gasteiger charge is 2.23. The second-order valence-electron chi connectivity index (χ2n) is 8.01. The molecule has 0 spiro atoms. The predicted octanol–water partition coefficient (Wildman–Crippen LogP) is 3.70. The fourth-order valence-corrected chi connectivity index (χ4v) is 3.81. The lowest BCUT2D eigenvalue weighted by Gasteiger charge is -2.21. The first-order valence-electron chi connectivity index (χ1n) is 11.3. The van der Waals surface area contributed by atoms with Crippen LogP contribution in [-0.4, -0.2) is 38.9 Å². The zero-order valence-electron chi connectivity index (χ0n) is 19.5. The monoisotopic (exact) mass is 488 g/mol. The van der Waals surface area contributed by atoms with Gasteiger partial charge in [-0.15, -0.1) is 0 Å². The van der Waals surface area contributed by atoms with Crippen LogP contribution in [0.5, 0.6) is 28.7 Å². The molecule has 1 atom stereocenters. The van der Waals surface area contributed by atoms with Gasteiger partial charge in [-0.2, -0.15) is 0 Å². The second-order valence-corrected chi connectivity index (χ2v) is 8.01. The molecule has 184 valence electrons. The van der Waals surface area contributed by atoms with Crippen LogP contribution in [0, 0.1) is 0 Å². The number of hydrogen-bond acceptors (Lipinski definition) is 7. The first kappa shape index (κ1) is 23.1. The first-order chi connectivity index (χ1) is 17.6. The minimum atomic E-state index is -0.960. The molecule has 2 amide bonds. The van der Waals surface area contributed by atoms with Crippen molar-refractivity contribution in [3.8, 4) is 28.7 Å². The maximum atomic E-state index is 13.3. The van der Waals surface area contributed by atoms with Crippen molar-refractivity contribution in [2.75, 3.05) is 32.4 Å². The Kier molecular flexibility index (Phi) is 6.61. The van der Waals surface area contributed by atoms with Gasteiger partial charge in [0.15, 0.2) is 23.0 Å². The number of carbonyl (C=O) groups excluding carboxylic acids is 2. The Balaban J connectivity index is 1.33. The van der Waals surface area contributed by atoms with E-state index in [4.69, 9.17) is 23.7 Å². The van der Waals surface area contributed by atoms with E-state index in [0.717, 1.165) is 5.56 Å². The smallest absolute Gasteiger partial charge is 0.251 e. The summed E-state index contributed by atoms with van der Waals surface area (Å²) in [4.78, 5) is 26.1. The molecule has 0 fully saturated rings. The summed E-state index contributed by atoms with van der Waals surface area (Å²) in [6.45, 7) is 1.08. The van der Waals surface area contributed by atoms with Gasteiger partial charge in [-0.1, -0.05) is 18.2 Å². The van der Waals surface area contributed by atoms with Gasteiger partial charge >= 0.3 is 0 Å². The lowest BCUT2D eigenvalue weighted by atomic mass is 10.1. The van der Waals surface area contributed by atoms with Gasteiger partial charge in [-0.05, 0) is 53.6 Å². The molecule has 2 aliphatic rings. The number of fused-ring (bicyclic) bond motifs is 2. The Hall–Kier alpha value is -4.66. The van der Waals surface area contributed by atoms with Crippen LogP contribution in [-0.2, 0) is 9.59 Å². The summed E-state index contributed by atoms with van der Waals surface area (Å²) in [5.41, 5.74) is 1.87. The fraction of sp³-hybridized carbons (Fsp3) is 0.185. The van der Waals surface area contributed by atoms with Gasteiger partial charge in [0.25, 0.3) is 5.91 Å². The van der Waals surface area contributed by atoms with Crippen LogP contribution in [0.25, 0.3) is 6.08 Å². The van der Waals surface area contributed by atoms with Crippen molar-refractivity contribution >= 4 is 23.6 Å². The summed E-state index contributed by atoms with van der Waals surface area (Å²) in [5.74, 6) is 2.23. The highest BCUT2D eigenvalue weighted by atomic mass is 16.7. The van der Waals surface area contributed by atoms with Gasteiger partial charge in [0.2, 0.25) is 12.7 Å². The van der Waals surface area contributed by atoms with Crippen molar-refractivity contribution in [3.05, 3.63) is 77.9 Å². The maximum absolute atomic E-state index is 13.3. The average Bonchev–Trinajstić information content (AvgIpc) is 3.38. The summed E-state index contributed by atoms with van der Waals surface area (Å²) < 4.78 is 27.0. The molecule has 9 heteroatoms. The van der Waals surface area contributed by atoms with Gasteiger partial charge in [-0.3, -0.25) is 9.59 Å². The number of amides is 2. The van der Waals surface area contributed by atoms with E-state index in [0.29, 0.717) is 53.2 Å². The zero-order valence-corrected chi connectivity index (χ0v) is 19.5.